The highest BCUT2D eigenvalue weighted by Crippen LogP contribution is 2.13. The fraction of sp³-hybridized carbons (Fsp3) is 0.357. The highest BCUT2D eigenvalue weighted by atomic mass is 15.3. The van der Waals surface area contributed by atoms with Crippen LogP contribution in [0.4, 0.5) is 11.6 Å². The van der Waals surface area contributed by atoms with Crippen molar-refractivity contribution in [3.63, 3.8) is 0 Å². The molecular formula is C14H18N6. The molecule has 0 radical (unpaired) electrons. The molecule has 0 aliphatic carbocycles. The number of hydrogen-bond acceptors (Lipinski definition) is 6. The average Bonchev–Trinajstić information content (AvgIpc) is 2.55. The fourth-order valence-electron chi connectivity index (χ4n) is 2.35. The van der Waals surface area contributed by atoms with Gasteiger partial charge in [0.1, 0.15) is 0 Å². The van der Waals surface area contributed by atoms with Gasteiger partial charge in [-0.15, -0.1) is 0 Å². The minimum Gasteiger partial charge on any atom is -0.382 e. The van der Waals surface area contributed by atoms with Crippen molar-refractivity contribution in [3.05, 3.63) is 43.0 Å². The molecule has 1 atom stereocenters. The second-order valence-corrected chi connectivity index (χ2v) is 4.72. The van der Waals surface area contributed by atoms with E-state index in [1.54, 1.807) is 18.6 Å². The summed E-state index contributed by atoms with van der Waals surface area (Å²) in [5.41, 5.74) is 1.03. The van der Waals surface area contributed by atoms with Gasteiger partial charge in [0.15, 0.2) is 0 Å². The molecule has 6 heteroatoms. The summed E-state index contributed by atoms with van der Waals surface area (Å²) in [5.74, 6) is 0.798. The van der Waals surface area contributed by atoms with E-state index in [-0.39, 0.29) is 0 Å². The summed E-state index contributed by atoms with van der Waals surface area (Å²) < 4.78 is 0. The van der Waals surface area contributed by atoms with Gasteiger partial charge < -0.3 is 15.5 Å². The lowest BCUT2D eigenvalue weighted by Crippen LogP contribution is -2.54. The number of pyridine rings is 1. The van der Waals surface area contributed by atoms with E-state index in [1.165, 1.54) is 0 Å². The zero-order valence-electron chi connectivity index (χ0n) is 11.2. The molecule has 1 unspecified atom stereocenters. The first-order valence-electron chi connectivity index (χ1n) is 6.82. The highest BCUT2D eigenvalue weighted by molar-refractivity contribution is 5.41. The van der Waals surface area contributed by atoms with Crippen LogP contribution in [0.25, 0.3) is 0 Å². The van der Waals surface area contributed by atoms with Crippen LogP contribution >= 0.6 is 0 Å². The number of hydrogen-bond donors (Lipinski definition) is 2. The van der Waals surface area contributed by atoms with Gasteiger partial charge in [0.05, 0.1) is 11.7 Å². The molecule has 3 heterocycles. The molecule has 1 fully saturated rings. The van der Waals surface area contributed by atoms with Crippen molar-refractivity contribution in [2.45, 2.75) is 6.04 Å². The zero-order chi connectivity index (χ0) is 13.6. The molecule has 20 heavy (non-hydrogen) atoms. The van der Waals surface area contributed by atoms with Gasteiger partial charge in [-0.1, -0.05) is 0 Å². The topological polar surface area (TPSA) is 66.0 Å². The summed E-state index contributed by atoms with van der Waals surface area (Å²) in [7, 11) is 0. The molecule has 2 N–H and O–H groups in total. The maximum absolute atomic E-state index is 4.35. The van der Waals surface area contributed by atoms with Gasteiger partial charge in [-0.05, 0) is 18.2 Å². The number of piperazine rings is 1. The molecular weight excluding hydrogens is 252 g/mol. The van der Waals surface area contributed by atoms with E-state index in [4.69, 9.17) is 0 Å². The van der Waals surface area contributed by atoms with Gasteiger partial charge in [0.2, 0.25) is 5.95 Å². The second-order valence-electron chi connectivity index (χ2n) is 4.72. The van der Waals surface area contributed by atoms with Crippen molar-refractivity contribution in [2.24, 2.45) is 0 Å². The fourth-order valence-corrected chi connectivity index (χ4v) is 2.35. The molecule has 1 saturated heterocycles. The summed E-state index contributed by atoms with van der Waals surface area (Å²) in [6.07, 6.45) is 7.18. The predicted octanol–water partition coefficient (Wildman–Crippen LogP) is 0.762. The Kier molecular flexibility index (Phi) is 4.03. The third kappa shape index (κ3) is 3.03. The Hall–Kier alpha value is -2.21. The molecule has 1 aliphatic rings. The van der Waals surface area contributed by atoms with Crippen LogP contribution in [0.5, 0.6) is 0 Å². The lowest BCUT2D eigenvalue weighted by Gasteiger charge is -2.36. The molecule has 6 nitrogen and oxygen atoms in total. The van der Waals surface area contributed by atoms with Gasteiger partial charge in [-0.25, -0.2) is 9.97 Å². The van der Waals surface area contributed by atoms with Gasteiger partial charge in [-0.2, -0.15) is 0 Å². The standard InChI is InChI=1S/C14H18N6/c1-3-12(9-15-4-1)19-11-13-10-16-7-8-20(13)14-17-5-2-6-18-14/h1-6,9,13,16,19H,7-8,10-11H2. The molecule has 2 aromatic rings. The normalized spacial score (nSPS) is 18.8. The number of aromatic nitrogens is 3. The molecule has 0 aromatic carbocycles. The van der Waals surface area contributed by atoms with E-state index in [0.29, 0.717) is 6.04 Å². The number of nitrogens with one attached hydrogen (secondary N) is 2. The van der Waals surface area contributed by atoms with Crippen molar-refractivity contribution in [1.82, 2.24) is 20.3 Å². The lowest BCUT2D eigenvalue weighted by molar-refractivity contribution is 0.481. The SMILES string of the molecule is c1cnc(N2CCNCC2CNc2cccnc2)nc1. The number of rotatable bonds is 4. The quantitative estimate of drug-likeness (QED) is 0.855. The largest absolute Gasteiger partial charge is 0.382 e. The summed E-state index contributed by atoms with van der Waals surface area (Å²) >= 11 is 0. The van der Waals surface area contributed by atoms with E-state index >= 15 is 0 Å². The molecule has 0 amide bonds. The van der Waals surface area contributed by atoms with Gasteiger partial charge >= 0.3 is 0 Å². The summed E-state index contributed by atoms with van der Waals surface area (Å²) in [4.78, 5) is 15.1. The minimum absolute atomic E-state index is 0.325. The van der Waals surface area contributed by atoms with Crippen LogP contribution in [0.3, 0.4) is 0 Å². The smallest absolute Gasteiger partial charge is 0.225 e. The molecule has 104 valence electrons. The van der Waals surface area contributed by atoms with E-state index in [0.717, 1.165) is 37.8 Å². The molecule has 1 aliphatic heterocycles. The Labute approximate surface area is 118 Å². The molecule has 0 spiro atoms. The van der Waals surface area contributed by atoms with Crippen molar-refractivity contribution in [2.75, 3.05) is 36.4 Å². The molecule has 2 aromatic heterocycles. The van der Waals surface area contributed by atoms with E-state index in [9.17, 15) is 0 Å². The van der Waals surface area contributed by atoms with Crippen molar-refractivity contribution in [1.29, 1.82) is 0 Å². The van der Waals surface area contributed by atoms with Crippen LogP contribution < -0.4 is 15.5 Å². The first-order chi connectivity index (χ1) is 9.93. The number of nitrogens with zero attached hydrogens (tertiary/aromatic N) is 4. The van der Waals surface area contributed by atoms with Crippen LogP contribution in [-0.2, 0) is 0 Å². The van der Waals surface area contributed by atoms with Crippen LogP contribution in [-0.4, -0.2) is 47.2 Å². The molecule has 3 rings (SSSR count). The van der Waals surface area contributed by atoms with Gasteiger partial charge in [0, 0.05) is 51.0 Å². The summed E-state index contributed by atoms with van der Waals surface area (Å²) in [5, 5.41) is 6.83. The second kappa shape index (κ2) is 6.29. The summed E-state index contributed by atoms with van der Waals surface area (Å²) in [6, 6.07) is 6.12. The van der Waals surface area contributed by atoms with Crippen molar-refractivity contribution >= 4 is 11.6 Å². The number of anilines is 2. The third-order valence-corrected chi connectivity index (χ3v) is 3.36. The Bertz CT molecular complexity index is 518. The van der Waals surface area contributed by atoms with Crippen LogP contribution in [0.2, 0.25) is 0 Å². The Morgan fingerprint density at radius 1 is 1.25 bits per heavy atom. The van der Waals surface area contributed by atoms with Crippen LogP contribution in [0, 0.1) is 0 Å². The van der Waals surface area contributed by atoms with Gasteiger partial charge in [-0.3, -0.25) is 4.98 Å². The Morgan fingerprint density at radius 2 is 2.15 bits per heavy atom. The molecule has 0 bridgehead atoms. The first kappa shape index (κ1) is 12.8. The zero-order valence-corrected chi connectivity index (χ0v) is 11.2. The van der Waals surface area contributed by atoms with Crippen LogP contribution in [0.1, 0.15) is 0 Å². The third-order valence-electron chi connectivity index (χ3n) is 3.36. The summed E-state index contributed by atoms with van der Waals surface area (Å²) in [6.45, 7) is 3.63. The lowest BCUT2D eigenvalue weighted by atomic mass is 10.2. The van der Waals surface area contributed by atoms with Gasteiger partial charge in [0.25, 0.3) is 0 Å². The minimum atomic E-state index is 0.325. The van der Waals surface area contributed by atoms with E-state index in [2.05, 4.69) is 30.5 Å². The Morgan fingerprint density at radius 3 is 2.95 bits per heavy atom. The highest BCUT2D eigenvalue weighted by Gasteiger charge is 2.23. The molecule has 0 saturated carbocycles. The monoisotopic (exact) mass is 270 g/mol. The Balaban J connectivity index is 1.67. The van der Waals surface area contributed by atoms with Crippen molar-refractivity contribution in [3.8, 4) is 0 Å². The van der Waals surface area contributed by atoms with E-state index < -0.39 is 0 Å². The average molecular weight is 270 g/mol. The maximum atomic E-state index is 4.35. The maximum Gasteiger partial charge on any atom is 0.225 e. The first-order valence-corrected chi connectivity index (χ1v) is 6.82. The van der Waals surface area contributed by atoms with Crippen LogP contribution in [0.15, 0.2) is 43.0 Å². The van der Waals surface area contributed by atoms with E-state index in [1.807, 2.05) is 24.4 Å². The van der Waals surface area contributed by atoms with Crippen molar-refractivity contribution < 1.29 is 0 Å². The predicted molar refractivity (Wildman–Crippen MR) is 78.8 cm³/mol.